The first-order chi connectivity index (χ1) is 77.2. The number of benzene rings is 25. The van der Waals surface area contributed by atoms with Crippen LogP contribution in [-0.4, -0.2) is 0 Å². The summed E-state index contributed by atoms with van der Waals surface area (Å²) in [5, 5.41) is 15.1. The molecule has 25 aromatic carbocycles. The van der Waals surface area contributed by atoms with Crippen molar-refractivity contribution in [3.63, 3.8) is 0 Å². The molecule has 646 valence electrons. The zero-order valence-corrected chi connectivity index (χ0v) is 73.5. The highest BCUT2D eigenvalue weighted by Crippen LogP contribution is 2.51. The zero-order chi connectivity index (χ0) is 109. The Kier molecular flexibility index (Phi) is 15.1. The number of para-hydroxylation sites is 4. The van der Waals surface area contributed by atoms with Crippen molar-refractivity contribution in [3.05, 3.63) is 515 Å². The molecule has 0 aliphatic heterocycles. The maximum Gasteiger partial charge on any atom is 0.143 e. The number of anilines is 9. The number of rotatable bonds is 14. The van der Waals surface area contributed by atoms with Gasteiger partial charge in [0.1, 0.15) is 33.5 Å². The maximum absolute atomic E-state index is 9.82. The summed E-state index contributed by atoms with van der Waals surface area (Å²) in [6.07, 6.45) is 0. The van der Waals surface area contributed by atoms with Gasteiger partial charge in [0.05, 0.1) is 51.5 Å². The van der Waals surface area contributed by atoms with E-state index in [0.717, 1.165) is 170 Å². The standard InChI is InChI=1S/C48H31NO.C44H27NO.C40H27NO/c1-4-18-39-33(12-1)14-10-24-45(39)49(46-31-36-13-2-3-17-38(36)41-19-5-6-20-42(41)46)37-16-9-15-35(30-37)32-26-28-34(29-27-32)40-22-11-23-44-43-21-7-8-25-47(43)50-48(40)44;1-2-8-32-25-33(18-15-28(32)7-1)29-19-21-35(22-20-29)45(36-23-24-38-37-12-3-4-14-41(37)46-42(38)27-36)40-26-34-11-5-9-30-16-17-31-10-6-13-39(40)44(31)43(30)34;1-3-11-28(12-4-1)29-19-21-31(22-20-29)41(32-23-24-37-36-17-9-10-18-39(36)42-40(37)27-32)38-26-25-33(30-13-5-2-6-14-30)34-15-7-8-16-35(34)38/h1-31H;1-27H;1-27H/i2D,3D,5D,6D,13D,17D,19D,20D,31D;1D,2D,7D,8D,10D,15D,18D,25D;19D,20D,21D,22D. The molecule has 0 spiro atoms. The van der Waals surface area contributed by atoms with E-state index in [0.29, 0.717) is 39.8 Å². The van der Waals surface area contributed by atoms with Crippen LogP contribution in [0.5, 0.6) is 0 Å². The number of furan rings is 3. The second kappa shape index (κ2) is 34.0. The Balaban J connectivity index is 0.000000119. The Morgan fingerprint density at radius 2 is 0.652 bits per heavy atom. The van der Waals surface area contributed by atoms with E-state index in [1.54, 1.807) is 17.0 Å². The molecule has 0 fully saturated rings. The fourth-order valence-corrected chi connectivity index (χ4v) is 19.6. The predicted molar refractivity (Wildman–Crippen MR) is 584 cm³/mol. The van der Waals surface area contributed by atoms with E-state index in [1.807, 2.05) is 296 Å². The van der Waals surface area contributed by atoms with Crippen molar-refractivity contribution >= 4 is 203 Å². The summed E-state index contributed by atoms with van der Waals surface area (Å²) < 4.78 is 205. The monoisotopic (exact) mass is 1780 g/mol. The average molecular weight is 1780 g/mol. The molecule has 0 amide bonds. The van der Waals surface area contributed by atoms with Gasteiger partial charge in [-0.05, 0) is 224 Å². The van der Waals surface area contributed by atoms with Crippen LogP contribution >= 0.6 is 0 Å². The van der Waals surface area contributed by atoms with Crippen LogP contribution in [0.1, 0.15) is 28.8 Å². The normalized spacial score (nSPS) is 13.8. The summed E-state index contributed by atoms with van der Waals surface area (Å²) in [4.78, 5) is 5.77. The molecule has 28 aromatic rings. The number of hydrogen-bond acceptors (Lipinski definition) is 6. The molecule has 28 rings (SSSR count). The van der Waals surface area contributed by atoms with Crippen LogP contribution in [0.3, 0.4) is 0 Å². The molecular formula is C132H85N3O3. The van der Waals surface area contributed by atoms with Gasteiger partial charge in [-0.25, -0.2) is 0 Å². The molecular weight excluding hydrogens is 1680 g/mol. The number of fused-ring (bicyclic) bond motifs is 15. The minimum Gasteiger partial charge on any atom is -0.456 e. The first kappa shape index (κ1) is 61.4. The van der Waals surface area contributed by atoms with E-state index in [9.17, 15) is 5.48 Å². The molecule has 0 bridgehead atoms. The summed E-state index contributed by atoms with van der Waals surface area (Å²) in [6, 6.07) is 119. The summed E-state index contributed by atoms with van der Waals surface area (Å²) in [5.74, 6) is 0. The first-order valence-corrected chi connectivity index (χ1v) is 45.4. The van der Waals surface area contributed by atoms with Crippen molar-refractivity contribution in [2.45, 2.75) is 0 Å². The molecule has 0 saturated heterocycles. The third kappa shape index (κ3) is 14.3. The van der Waals surface area contributed by atoms with Crippen molar-refractivity contribution < 1.29 is 42.0 Å². The third-order valence-electron chi connectivity index (χ3n) is 26.0. The van der Waals surface area contributed by atoms with Crippen LogP contribution < -0.4 is 14.7 Å². The Morgan fingerprint density at radius 3 is 1.39 bits per heavy atom. The minimum absolute atomic E-state index is 0.0269. The highest BCUT2D eigenvalue weighted by molar-refractivity contribution is 6.27. The van der Waals surface area contributed by atoms with E-state index in [4.69, 9.17) is 36.6 Å². The summed E-state index contributed by atoms with van der Waals surface area (Å²) in [7, 11) is 0. The highest BCUT2D eigenvalue weighted by atomic mass is 16.3. The lowest BCUT2D eigenvalue weighted by molar-refractivity contribution is 0.668. The average Bonchev–Trinajstić information content (AvgIpc) is 1.25. The summed E-state index contributed by atoms with van der Waals surface area (Å²) in [6.45, 7) is 0. The second-order valence-corrected chi connectivity index (χ2v) is 34.0. The van der Waals surface area contributed by atoms with Gasteiger partial charge in [0.25, 0.3) is 0 Å². The Morgan fingerprint density at radius 1 is 0.167 bits per heavy atom. The molecule has 0 N–H and O–H groups in total. The molecule has 3 heterocycles. The van der Waals surface area contributed by atoms with Crippen LogP contribution in [0.2, 0.25) is 0 Å². The fourth-order valence-electron chi connectivity index (χ4n) is 19.6. The van der Waals surface area contributed by atoms with Crippen LogP contribution in [0, 0.1) is 0 Å². The topological polar surface area (TPSA) is 49.1 Å². The van der Waals surface area contributed by atoms with E-state index in [1.165, 1.54) is 0 Å². The SMILES string of the molecule is [2H]c1c([2H])c(N(c2ccc3c(c2)oc2ccccc23)c2ccc(-c3ccccc3)c3ccccc23)c([2H])c([2H])c1-c1ccccc1.[2H]c1c([2H])c([2H])c2c([2H])c(-c3ccc(N(c4ccc5c(c4)oc4ccccc45)c4cc5cccc6ccc7c([2H])ccc4c7c65)cc3)c([2H])c([2H])c2c1[2H].[2H]c1c([2H])c([2H])c2c(c1[2H])c([2H])c(N(c1cccc(-c3ccc(-c4cccc5c4oc4ccccc45)cc3)c1)c1cccc3ccccc13)c1c([2H])c([2H])c([2H])c([2H])c12. The van der Waals surface area contributed by atoms with Crippen molar-refractivity contribution in [3.8, 4) is 55.6 Å². The number of nitrogens with zero attached hydrogens (tertiary/aromatic N) is 3. The van der Waals surface area contributed by atoms with Crippen molar-refractivity contribution in [1.82, 2.24) is 0 Å². The van der Waals surface area contributed by atoms with Crippen LogP contribution in [-0.2, 0) is 0 Å². The molecule has 3 aromatic heterocycles. The molecule has 0 saturated carbocycles. The molecule has 0 radical (unpaired) electrons. The van der Waals surface area contributed by atoms with Gasteiger partial charge in [-0.2, -0.15) is 0 Å². The zero-order valence-electron chi connectivity index (χ0n) is 94.5. The molecule has 0 aliphatic carbocycles. The van der Waals surface area contributed by atoms with Gasteiger partial charge in [0.2, 0.25) is 0 Å². The van der Waals surface area contributed by atoms with E-state index in [-0.39, 0.29) is 103 Å². The van der Waals surface area contributed by atoms with Gasteiger partial charge in [0, 0.05) is 100.0 Å². The molecule has 6 heteroatoms. The first-order valence-electron chi connectivity index (χ1n) is 55.9. The van der Waals surface area contributed by atoms with Gasteiger partial charge in [-0.3, -0.25) is 0 Å². The van der Waals surface area contributed by atoms with Crippen LogP contribution in [0.4, 0.5) is 51.2 Å². The Labute approximate surface area is 826 Å². The summed E-state index contributed by atoms with van der Waals surface area (Å²) in [5.41, 5.74) is 17.2. The largest absolute Gasteiger partial charge is 0.456 e. The molecule has 138 heavy (non-hydrogen) atoms. The fraction of sp³-hybridized carbons (Fsp3) is 0. The highest BCUT2D eigenvalue weighted by Gasteiger charge is 2.26. The smallest absolute Gasteiger partial charge is 0.143 e. The van der Waals surface area contributed by atoms with E-state index < -0.39 is 72.5 Å². The molecule has 0 aliphatic rings. The lowest BCUT2D eigenvalue weighted by Gasteiger charge is -2.29. The lowest BCUT2D eigenvalue weighted by Crippen LogP contribution is -2.11. The van der Waals surface area contributed by atoms with E-state index >= 15 is 0 Å². The van der Waals surface area contributed by atoms with Gasteiger partial charge in [-0.15, -0.1) is 0 Å². The van der Waals surface area contributed by atoms with Gasteiger partial charge < -0.3 is 28.0 Å². The van der Waals surface area contributed by atoms with Gasteiger partial charge >= 0.3 is 0 Å². The molecule has 0 atom stereocenters. The van der Waals surface area contributed by atoms with Crippen molar-refractivity contribution in [1.29, 1.82) is 0 Å². The van der Waals surface area contributed by atoms with E-state index in [2.05, 4.69) is 89.8 Å². The third-order valence-corrected chi connectivity index (χ3v) is 26.0. The summed E-state index contributed by atoms with van der Waals surface area (Å²) >= 11 is 0. The Bertz CT molecular complexity index is 10900. The Hall–Kier alpha value is -18.4. The minimum atomic E-state index is -0.553. The second-order valence-electron chi connectivity index (χ2n) is 34.0. The van der Waals surface area contributed by atoms with Gasteiger partial charge in [-0.1, -0.05) is 394 Å². The maximum atomic E-state index is 9.82. The van der Waals surface area contributed by atoms with Crippen molar-refractivity contribution in [2.75, 3.05) is 14.7 Å². The molecule has 6 nitrogen and oxygen atoms in total. The van der Waals surface area contributed by atoms with Crippen LogP contribution in [0.15, 0.2) is 528 Å². The lowest BCUT2D eigenvalue weighted by atomic mass is 9.92. The number of hydrogen-bond donors (Lipinski definition) is 0. The predicted octanol–water partition coefficient (Wildman–Crippen LogP) is 38.2. The quantitative estimate of drug-likeness (QED) is 0.101. The molecule has 0 unspecified atom stereocenters. The van der Waals surface area contributed by atoms with Crippen molar-refractivity contribution in [2.24, 2.45) is 0 Å². The van der Waals surface area contributed by atoms with Gasteiger partial charge in [0.15, 0.2) is 0 Å². The van der Waals surface area contributed by atoms with Crippen LogP contribution in [0.25, 0.3) is 208 Å².